The number of anilines is 2. The van der Waals surface area contributed by atoms with Crippen LogP contribution in [0.1, 0.15) is 33.6 Å². The SMILES string of the molecule is CCCCOc1ccc(NC(C)=O)cc1NC(C)=O. The summed E-state index contributed by atoms with van der Waals surface area (Å²) in [7, 11) is 0. The molecule has 5 heteroatoms. The van der Waals surface area contributed by atoms with Crippen molar-refractivity contribution in [3.05, 3.63) is 18.2 Å². The van der Waals surface area contributed by atoms with Crippen LogP contribution in [0.15, 0.2) is 18.2 Å². The van der Waals surface area contributed by atoms with Crippen LogP contribution in [0.25, 0.3) is 0 Å². The smallest absolute Gasteiger partial charge is 0.221 e. The molecule has 2 N–H and O–H groups in total. The highest BCUT2D eigenvalue weighted by atomic mass is 16.5. The van der Waals surface area contributed by atoms with Gasteiger partial charge in [-0.2, -0.15) is 0 Å². The van der Waals surface area contributed by atoms with Crippen molar-refractivity contribution in [1.29, 1.82) is 0 Å². The number of carbonyl (C=O) groups is 2. The Morgan fingerprint density at radius 1 is 1.16 bits per heavy atom. The van der Waals surface area contributed by atoms with Gasteiger partial charge in [-0.1, -0.05) is 13.3 Å². The summed E-state index contributed by atoms with van der Waals surface area (Å²) in [5, 5.41) is 5.37. The Morgan fingerprint density at radius 3 is 2.42 bits per heavy atom. The molecule has 1 aromatic rings. The van der Waals surface area contributed by atoms with Gasteiger partial charge in [0.2, 0.25) is 11.8 Å². The van der Waals surface area contributed by atoms with Gasteiger partial charge >= 0.3 is 0 Å². The number of benzene rings is 1. The molecule has 1 aromatic carbocycles. The Kier molecular flexibility index (Phi) is 5.85. The fourth-order valence-corrected chi connectivity index (χ4v) is 1.55. The molecule has 0 atom stereocenters. The largest absolute Gasteiger partial charge is 0.491 e. The molecular formula is C14H20N2O3. The number of ether oxygens (including phenoxy) is 1. The first-order valence-corrected chi connectivity index (χ1v) is 6.35. The van der Waals surface area contributed by atoms with Crippen LogP contribution in [0, 0.1) is 0 Å². The lowest BCUT2D eigenvalue weighted by Crippen LogP contribution is -2.10. The minimum absolute atomic E-state index is 0.159. The second-order valence-corrected chi connectivity index (χ2v) is 4.28. The van der Waals surface area contributed by atoms with Crippen molar-refractivity contribution < 1.29 is 14.3 Å². The zero-order valence-corrected chi connectivity index (χ0v) is 11.6. The maximum atomic E-state index is 11.2. The normalized spacial score (nSPS) is 9.84. The van der Waals surface area contributed by atoms with Gasteiger partial charge in [0.15, 0.2) is 0 Å². The summed E-state index contributed by atoms with van der Waals surface area (Å²) in [6, 6.07) is 5.17. The van der Waals surface area contributed by atoms with Crippen LogP contribution in [0.5, 0.6) is 5.75 Å². The van der Waals surface area contributed by atoms with Gasteiger partial charge < -0.3 is 15.4 Å². The molecule has 2 amide bonds. The minimum Gasteiger partial charge on any atom is -0.491 e. The van der Waals surface area contributed by atoms with Crippen LogP contribution in [-0.4, -0.2) is 18.4 Å². The molecule has 0 aliphatic rings. The summed E-state index contributed by atoms with van der Waals surface area (Å²) in [5.74, 6) is 0.270. The first-order chi connectivity index (χ1) is 9.02. The van der Waals surface area contributed by atoms with Gasteiger partial charge in [0.05, 0.1) is 12.3 Å². The summed E-state index contributed by atoms with van der Waals surface area (Å²) < 4.78 is 5.61. The van der Waals surface area contributed by atoms with E-state index in [4.69, 9.17) is 4.74 Å². The van der Waals surface area contributed by atoms with Crippen LogP contribution >= 0.6 is 0 Å². The van der Waals surface area contributed by atoms with Gasteiger partial charge in [0.1, 0.15) is 5.75 Å². The predicted octanol–water partition coefficient (Wildman–Crippen LogP) is 2.78. The van der Waals surface area contributed by atoms with E-state index in [0.717, 1.165) is 12.8 Å². The highest BCUT2D eigenvalue weighted by Crippen LogP contribution is 2.28. The van der Waals surface area contributed by atoms with E-state index in [2.05, 4.69) is 17.6 Å². The number of nitrogens with one attached hydrogen (secondary N) is 2. The Labute approximate surface area is 113 Å². The van der Waals surface area contributed by atoms with Crippen LogP contribution < -0.4 is 15.4 Å². The van der Waals surface area contributed by atoms with Gasteiger partial charge in [0, 0.05) is 19.5 Å². The molecule has 0 fully saturated rings. The lowest BCUT2D eigenvalue weighted by atomic mass is 10.2. The molecule has 0 unspecified atom stereocenters. The van der Waals surface area contributed by atoms with Gasteiger partial charge in [0.25, 0.3) is 0 Å². The van der Waals surface area contributed by atoms with Crippen LogP contribution in [0.3, 0.4) is 0 Å². The zero-order chi connectivity index (χ0) is 14.3. The topological polar surface area (TPSA) is 67.4 Å². The number of rotatable bonds is 6. The quantitative estimate of drug-likeness (QED) is 0.776. The average Bonchev–Trinajstić information content (AvgIpc) is 2.30. The molecule has 0 aliphatic carbocycles. The van der Waals surface area contributed by atoms with E-state index in [-0.39, 0.29) is 11.8 Å². The summed E-state index contributed by atoms with van der Waals surface area (Å²) in [5.41, 5.74) is 1.19. The number of hydrogen-bond acceptors (Lipinski definition) is 3. The number of unbranched alkanes of at least 4 members (excludes halogenated alkanes) is 1. The Balaban J connectivity index is 2.88. The fraction of sp³-hybridized carbons (Fsp3) is 0.429. The fourth-order valence-electron chi connectivity index (χ4n) is 1.55. The number of hydrogen-bond donors (Lipinski definition) is 2. The van der Waals surface area contributed by atoms with Gasteiger partial charge in [-0.25, -0.2) is 0 Å². The van der Waals surface area contributed by atoms with E-state index in [1.54, 1.807) is 18.2 Å². The van der Waals surface area contributed by atoms with Gasteiger partial charge in [-0.15, -0.1) is 0 Å². The van der Waals surface area contributed by atoms with Gasteiger partial charge in [-0.05, 0) is 24.6 Å². The van der Waals surface area contributed by atoms with Crippen LogP contribution in [0.2, 0.25) is 0 Å². The second-order valence-electron chi connectivity index (χ2n) is 4.28. The molecule has 0 bridgehead atoms. The maximum Gasteiger partial charge on any atom is 0.221 e. The highest BCUT2D eigenvalue weighted by molar-refractivity contribution is 5.93. The van der Waals surface area contributed by atoms with Crippen LogP contribution in [0.4, 0.5) is 11.4 Å². The molecule has 5 nitrogen and oxygen atoms in total. The van der Waals surface area contributed by atoms with Crippen molar-refractivity contribution >= 4 is 23.2 Å². The summed E-state index contributed by atoms with van der Waals surface area (Å²) in [6.07, 6.45) is 1.99. The molecule has 0 saturated heterocycles. The molecule has 1 rings (SSSR count). The van der Waals surface area contributed by atoms with E-state index in [1.165, 1.54) is 13.8 Å². The minimum atomic E-state index is -0.180. The van der Waals surface area contributed by atoms with Crippen molar-refractivity contribution in [3.8, 4) is 5.75 Å². The third-order valence-electron chi connectivity index (χ3n) is 2.37. The van der Waals surface area contributed by atoms with Crippen LogP contribution in [-0.2, 0) is 9.59 Å². The molecule has 0 aliphatic heterocycles. The van der Waals surface area contributed by atoms with Crippen molar-refractivity contribution in [2.75, 3.05) is 17.2 Å². The summed E-state index contributed by atoms with van der Waals surface area (Å²) in [6.45, 7) is 5.55. The summed E-state index contributed by atoms with van der Waals surface area (Å²) >= 11 is 0. The maximum absolute atomic E-state index is 11.2. The molecule has 0 aromatic heterocycles. The van der Waals surface area contributed by atoms with E-state index in [1.807, 2.05) is 0 Å². The standard InChI is InChI=1S/C14H20N2O3/c1-4-5-8-19-14-7-6-12(15-10(2)17)9-13(14)16-11(3)18/h6-7,9H,4-5,8H2,1-3H3,(H,15,17)(H,16,18). The zero-order valence-electron chi connectivity index (χ0n) is 11.6. The van der Waals surface area contributed by atoms with Crippen molar-refractivity contribution in [3.63, 3.8) is 0 Å². The molecule has 0 saturated carbocycles. The first kappa shape index (κ1) is 15.0. The van der Waals surface area contributed by atoms with Gasteiger partial charge in [-0.3, -0.25) is 9.59 Å². The molecule has 19 heavy (non-hydrogen) atoms. The predicted molar refractivity (Wildman–Crippen MR) is 75.5 cm³/mol. The number of amides is 2. The third-order valence-corrected chi connectivity index (χ3v) is 2.37. The first-order valence-electron chi connectivity index (χ1n) is 6.35. The molecule has 0 radical (unpaired) electrons. The lowest BCUT2D eigenvalue weighted by Gasteiger charge is -2.13. The summed E-state index contributed by atoms with van der Waals surface area (Å²) in [4.78, 5) is 22.2. The van der Waals surface area contributed by atoms with E-state index in [0.29, 0.717) is 23.7 Å². The second kappa shape index (κ2) is 7.41. The monoisotopic (exact) mass is 264 g/mol. The van der Waals surface area contributed by atoms with E-state index < -0.39 is 0 Å². The Hall–Kier alpha value is -2.04. The molecular weight excluding hydrogens is 244 g/mol. The molecule has 0 spiro atoms. The highest BCUT2D eigenvalue weighted by Gasteiger charge is 2.07. The van der Waals surface area contributed by atoms with Crippen molar-refractivity contribution in [2.24, 2.45) is 0 Å². The lowest BCUT2D eigenvalue weighted by molar-refractivity contribution is -0.115. The Bertz CT molecular complexity index is 458. The average molecular weight is 264 g/mol. The third kappa shape index (κ3) is 5.42. The Morgan fingerprint density at radius 2 is 1.84 bits per heavy atom. The van der Waals surface area contributed by atoms with Crippen molar-refractivity contribution in [2.45, 2.75) is 33.6 Å². The molecule has 0 heterocycles. The number of carbonyl (C=O) groups excluding carboxylic acids is 2. The van der Waals surface area contributed by atoms with Crippen molar-refractivity contribution in [1.82, 2.24) is 0 Å². The van der Waals surface area contributed by atoms with E-state index in [9.17, 15) is 9.59 Å². The molecule has 104 valence electrons. The van der Waals surface area contributed by atoms with E-state index >= 15 is 0 Å².